The molecule has 0 N–H and O–H groups in total. The Morgan fingerprint density at radius 1 is 1.10 bits per heavy atom. The van der Waals surface area contributed by atoms with E-state index in [9.17, 15) is 0 Å². The molecule has 0 saturated carbocycles. The van der Waals surface area contributed by atoms with Gasteiger partial charge in [0.2, 0.25) is 0 Å². The molecule has 3 radical (unpaired) electrons. The normalized spacial score (nSPS) is 10.0. The zero-order valence-corrected chi connectivity index (χ0v) is 5.39. The molecule has 10 heavy (non-hydrogen) atoms. The minimum atomic E-state index is 1.07. The van der Waals surface area contributed by atoms with E-state index in [1.165, 1.54) is 5.39 Å². The second-order valence-corrected chi connectivity index (χ2v) is 2.12. The maximum Gasteiger partial charge on any atom is -0.00139 e. The number of hydrogen-bond donors (Lipinski definition) is 0. The third kappa shape index (κ3) is 0.781. The van der Waals surface area contributed by atoms with Gasteiger partial charge in [0.25, 0.3) is 0 Å². The largest absolute Gasteiger partial charge is 0.0537 e. The molecule has 0 unspecified atom stereocenters. The third-order valence-electron chi connectivity index (χ3n) is 1.45. The van der Waals surface area contributed by atoms with Gasteiger partial charge in [0.05, 0.1) is 0 Å². The van der Waals surface area contributed by atoms with Crippen molar-refractivity contribution in [2.75, 3.05) is 0 Å². The molecule has 2 aromatic rings. The highest BCUT2D eigenvalue weighted by atomic mass is 13.9. The van der Waals surface area contributed by atoms with Gasteiger partial charge >= 0.3 is 0 Å². The molecule has 0 atom stereocenters. The molecule has 0 aliphatic rings. The van der Waals surface area contributed by atoms with Crippen LogP contribution in [0.4, 0.5) is 0 Å². The van der Waals surface area contributed by atoms with Crippen LogP contribution in [0.25, 0.3) is 10.8 Å². The van der Waals surface area contributed by atoms with Crippen LogP contribution in [0.5, 0.6) is 0 Å². The van der Waals surface area contributed by atoms with Crippen LogP contribution in [0.1, 0.15) is 0 Å². The molecule has 45 valence electrons. The first kappa shape index (κ1) is 5.48. The van der Waals surface area contributed by atoms with Crippen LogP contribution in [0, 0.1) is 18.2 Å². The molecule has 0 bridgehead atoms. The lowest BCUT2D eigenvalue weighted by molar-refractivity contribution is 1.71. The predicted octanol–water partition coefficient (Wildman–Crippen LogP) is 2.24. The van der Waals surface area contributed by atoms with E-state index in [0.29, 0.717) is 0 Å². The zero-order valence-electron chi connectivity index (χ0n) is 5.39. The van der Waals surface area contributed by atoms with Gasteiger partial charge in [-0.05, 0) is 35.0 Å². The first-order chi connectivity index (χ1) is 4.97. The summed E-state index contributed by atoms with van der Waals surface area (Å²) in [7, 11) is 0. The minimum Gasteiger partial charge on any atom is -0.0537 e. The molecule has 2 aromatic carbocycles. The van der Waals surface area contributed by atoms with Gasteiger partial charge in [-0.1, -0.05) is 24.3 Å². The monoisotopic (exact) mass is 125 g/mol. The van der Waals surface area contributed by atoms with Crippen molar-refractivity contribution in [2.45, 2.75) is 0 Å². The molecule has 2 rings (SSSR count). The number of fused-ring (bicyclic) bond motifs is 1. The highest BCUT2D eigenvalue weighted by Gasteiger charge is 1.86. The van der Waals surface area contributed by atoms with Crippen molar-refractivity contribution < 1.29 is 0 Å². The molecular weight excluding hydrogens is 120 g/mol. The van der Waals surface area contributed by atoms with Gasteiger partial charge in [-0.25, -0.2) is 0 Å². The Kier molecular flexibility index (Phi) is 1.17. The predicted molar refractivity (Wildman–Crippen MR) is 40.5 cm³/mol. The number of rotatable bonds is 0. The Labute approximate surface area is 60.1 Å². The quantitative estimate of drug-likeness (QED) is 0.506. The van der Waals surface area contributed by atoms with Crippen LogP contribution < -0.4 is 0 Å². The van der Waals surface area contributed by atoms with Crippen LogP contribution in [-0.2, 0) is 0 Å². The maximum absolute atomic E-state index is 2.99. The second kappa shape index (κ2) is 2.14. The lowest BCUT2D eigenvalue weighted by atomic mass is 10.1. The van der Waals surface area contributed by atoms with Crippen molar-refractivity contribution in [1.29, 1.82) is 0 Å². The Balaban J connectivity index is 2.89. The van der Waals surface area contributed by atoms with Crippen LogP contribution in [0.15, 0.2) is 30.3 Å². The first-order valence-electron chi connectivity index (χ1n) is 3.15. The van der Waals surface area contributed by atoms with E-state index >= 15 is 0 Å². The number of hydrogen-bond acceptors (Lipinski definition) is 0. The van der Waals surface area contributed by atoms with Crippen molar-refractivity contribution in [2.24, 2.45) is 0 Å². The molecule has 0 heteroatoms. The van der Waals surface area contributed by atoms with Gasteiger partial charge < -0.3 is 0 Å². The van der Waals surface area contributed by atoms with E-state index in [0.717, 1.165) is 5.39 Å². The van der Waals surface area contributed by atoms with E-state index in [-0.39, 0.29) is 0 Å². The van der Waals surface area contributed by atoms with Gasteiger partial charge in [0.1, 0.15) is 0 Å². The van der Waals surface area contributed by atoms with E-state index in [1.807, 2.05) is 30.3 Å². The summed E-state index contributed by atoms with van der Waals surface area (Å²) < 4.78 is 0. The molecule has 0 nitrogen and oxygen atoms in total. The fourth-order valence-electron chi connectivity index (χ4n) is 0.947. The Bertz CT molecular complexity index is 271. The lowest BCUT2D eigenvalue weighted by Crippen LogP contribution is -1.68. The summed E-state index contributed by atoms with van der Waals surface area (Å²) in [5, 5.41) is 2.27. The molecule has 0 aliphatic carbocycles. The van der Waals surface area contributed by atoms with Crippen molar-refractivity contribution in [3.63, 3.8) is 0 Å². The maximum atomic E-state index is 2.99. The second-order valence-electron chi connectivity index (χ2n) is 2.12. The third-order valence-corrected chi connectivity index (χ3v) is 1.45. The summed E-state index contributed by atoms with van der Waals surface area (Å²) >= 11 is 0. The number of benzene rings is 2. The molecule has 0 fully saturated rings. The van der Waals surface area contributed by atoms with Crippen LogP contribution in [0.2, 0.25) is 0 Å². The van der Waals surface area contributed by atoms with E-state index in [2.05, 4.69) is 18.2 Å². The van der Waals surface area contributed by atoms with Crippen molar-refractivity contribution in [1.82, 2.24) is 0 Å². The Morgan fingerprint density at radius 3 is 2.90 bits per heavy atom. The van der Waals surface area contributed by atoms with Gasteiger partial charge in [0, 0.05) is 0 Å². The highest BCUT2D eigenvalue weighted by molar-refractivity contribution is 5.81. The molecular formula is C10H5. The van der Waals surface area contributed by atoms with Gasteiger partial charge in [0.15, 0.2) is 0 Å². The average Bonchev–Trinajstić information content (AvgIpc) is 2.05. The van der Waals surface area contributed by atoms with Crippen LogP contribution >= 0.6 is 0 Å². The summed E-state index contributed by atoms with van der Waals surface area (Å²) in [5.41, 5.74) is 0. The van der Waals surface area contributed by atoms with E-state index in [1.54, 1.807) is 0 Å². The fraction of sp³-hybridized carbons (Fsp3) is 0. The summed E-state index contributed by atoms with van der Waals surface area (Å²) in [4.78, 5) is 0. The first-order valence-corrected chi connectivity index (χ1v) is 3.15. The molecule has 0 spiro atoms. The van der Waals surface area contributed by atoms with Crippen molar-refractivity contribution in [3.05, 3.63) is 48.5 Å². The summed E-state index contributed by atoms with van der Waals surface area (Å²) in [5.74, 6) is 0. The van der Waals surface area contributed by atoms with E-state index < -0.39 is 0 Å². The lowest BCUT2D eigenvalue weighted by Gasteiger charge is -1.91. The molecule has 0 aliphatic heterocycles. The van der Waals surface area contributed by atoms with Crippen LogP contribution in [-0.4, -0.2) is 0 Å². The Hall–Kier alpha value is -1.30. The molecule has 0 heterocycles. The van der Waals surface area contributed by atoms with Gasteiger partial charge in [-0.15, -0.1) is 0 Å². The topological polar surface area (TPSA) is 0 Å². The van der Waals surface area contributed by atoms with Crippen LogP contribution in [0.3, 0.4) is 0 Å². The minimum absolute atomic E-state index is 1.07. The van der Waals surface area contributed by atoms with E-state index in [4.69, 9.17) is 0 Å². The van der Waals surface area contributed by atoms with Crippen molar-refractivity contribution >= 4 is 10.8 Å². The van der Waals surface area contributed by atoms with Gasteiger partial charge in [-0.2, -0.15) is 0 Å². The fourth-order valence-corrected chi connectivity index (χ4v) is 0.947. The van der Waals surface area contributed by atoms with Crippen molar-refractivity contribution in [3.8, 4) is 0 Å². The molecule has 0 amide bonds. The molecule has 0 saturated heterocycles. The summed E-state index contributed by atoms with van der Waals surface area (Å²) in [6.07, 6.45) is 0. The smallest absolute Gasteiger partial charge is 0.00139 e. The van der Waals surface area contributed by atoms with Gasteiger partial charge in [-0.3, -0.25) is 0 Å². The summed E-state index contributed by atoms with van der Waals surface area (Å²) in [6.45, 7) is 0. The SMILES string of the molecule is [c]1[c]c2c[c]ccc2cc1. The standard InChI is InChI=1S/C10H5/c1-2-6-10-8-4-3-7-9(10)5-1/h1,3,5-7H. The Morgan fingerprint density at radius 2 is 2.00 bits per heavy atom. The zero-order chi connectivity index (χ0) is 6.81. The molecule has 0 aromatic heterocycles. The summed E-state index contributed by atoms with van der Waals surface area (Å²) in [6, 6.07) is 18.6. The average molecular weight is 125 g/mol. The highest BCUT2D eigenvalue weighted by Crippen LogP contribution is 2.09.